The highest BCUT2D eigenvalue weighted by Crippen LogP contribution is 2.20. The number of nitrogens with zero attached hydrogens (tertiary/aromatic N) is 2. The minimum Gasteiger partial charge on any atom is -0.444 e. The first-order valence-corrected chi connectivity index (χ1v) is 6.70. The summed E-state index contributed by atoms with van der Waals surface area (Å²) in [5.41, 5.74) is 9.14. The van der Waals surface area contributed by atoms with Crippen molar-refractivity contribution in [2.45, 2.75) is 25.9 Å². The summed E-state index contributed by atoms with van der Waals surface area (Å²) in [5, 5.41) is 0. The molecule has 1 aromatic heterocycles. The number of likely N-dealkylation sites (tertiary alicyclic amines) is 1. The van der Waals surface area contributed by atoms with E-state index in [0.717, 1.165) is 37.3 Å². The molecule has 5 heteroatoms. The third-order valence-corrected chi connectivity index (χ3v) is 3.54. The van der Waals surface area contributed by atoms with Crippen LogP contribution >= 0.6 is 12.4 Å². The first-order valence-electron chi connectivity index (χ1n) is 6.70. The normalized spacial score (nSPS) is 19.0. The Kier molecular flexibility index (Phi) is 4.81. The molecule has 2 aromatic rings. The molecule has 4 nitrogen and oxygen atoms in total. The molecule has 0 amide bonds. The highest BCUT2D eigenvalue weighted by atomic mass is 35.5. The molecule has 108 valence electrons. The van der Waals surface area contributed by atoms with Crippen molar-refractivity contribution in [1.82, 2.24) is 9.88 Å². The maximum atomic E-state index is 5.90. The Labute approximate surface area is 125 Å². The number of oxazole rings is 1. The van der Waals surface area contributed by atoms with Crippen LogP contribution in [-0.4, -0.2) is 29.0 Å². The molecule has 2 heterocycles. The lowest BCUT2D eigenvalue weighted by molar-refractivity contribution is 0.322. The van der Waals surface area contributed by atoms with Crippen LogP contribution in [0.4, 0.5) is 0 Å². The van der Waals surface area contributed by atoms with E-state index in [-0.39, 0.29) is 12.4 Å². The van der Waals surface area contributed by atoms with E-state index in [1.165, 1.54) is 5.56 Å². The van der Waals surface area contributed by atoms with Gasteiger partial charge in [0.1, 0.15) is 6.26 Å². The van der Waals surface area contributed by atoms with Gasteiger partial charge in [-0.3, -0.25) is 4.90 Å². The lowest BCUT2D eigenvalue weighted by atomic mass is 10.1. The largest absolute Gasteiger partial charge is 0.444 e. The maximum absolute atomic E-state index is 5.90. The smallest absolute Gasteiger partial charge is 0.226 e. The Balaban J connectivity index is 0.00000147. The standard InChI is InChI=1S/C15H19N3O.ClH/c1-11-2-4-12(5-3-11)15-17-14(10-19-15)9-18-7-6-13(16)8-18;/h2-5,10,13H,6-9,16H2,1H3;1H/t13-;/m1./s1. The van der Waals surface area contributed by atoms with Crippen LogP contribution in [0.5, 0.6) is 0 Å². The lowest BCUT2D eigenvalue weighted by Crippen LogP contribution is -2.26. The average molecular weight is 294 g/mol. The summed E-state index contributed by atoms with van der Waals surface area (Å²) in [6.45, 7) is 4.89. The van der Waals surface area contributed by atoms with Crippen LogP contribution < -0.4 is 5.73 Å². The number of halogens is 1. The SMILES string of the molecule is Cc1ccc(-c2nc(CN3CC[C@@H](N)C3)co2)cc1.Cl. The van der Waals surface area contributed by atoms with Crippen molar-refractivity contribution >= 4 is 12.4 Å². The predicted molar refractivity (Wildman–Crippen MR) is 81.8 cm³/mol. The average Bonchev–Trinajstić information content (AvgIpc) is 3.00. The van der Waals surface area contributed by atoms with E-state index in [1.807, 2.05) is 12.1 Å². The number of aromatic nitrogens is 1. The molecule has 0 bridgehead atoms. The topological polar surface area (TPSA) is 55.3 Å². The first-order chi connectivity index (χ1) is 9.20. The van der Waals surface area contributed by atoms with Gasteiger partial charge >= 0.3 is 0 Å². The number of aryl methyl sites for hydroxylation is 1. The van der Waals surface area contributed by atoms with E-state index in [0.29, 0.717) is 11.9 Å². The minimum absolute atomic E-state index is 0. The summed E-state index contributed by atoms with van der Waals surface area (Å²) in [7, 11) is 0. The van der Waals surface area contributed by atoms with E-state index in [2.05, 4.69) is 28.9 Å². The molecule has 0 saturated carbocycles. The zero-order valence-corrected chi connectivity index (χ0v) is 12.4. The molecule has 1 atom stereocenters. The van der Waals surface area contributed by atoms with Gasteiger partial charge < -0.3 is 10.2 Å². The number of benzene rings is 1. The molecule has 1 saturated heterocycles. The molecule has 0 radical (unpaired) electrons. The fourth-order valence-corrected chi connectivity index (χ4v) is 2.44. The second-order valence-corrected chi connectivity index (χ2v) is 5.29. The molecule has 0 unspecified atom stereocenters. The van der Waals surface area contributed by atoms with Crippen molar-refractivity contribution in [2.24, 2.45) is 5.73 Å². The van der Waals surface area contributed by atoms with Gasteiger partial charge in [-0.05, 0) is 25.5 Å². The van der Waals surface area contributed by atoms with Gasteiger partial charge in [0.15, 0.2) is 0 Å². The first kappa shape index (κ1) is 15.0. The Morgan fingerprint density at radius 1 is 1.35 bits per heavy atom. The number of hydrogen-bond acceptors (Lipinski definition) is 4. The summed E-state index contributed by atoms with van der Waals surface area (Å²) in [4.78, 5) is 6.87. The van der Waals surface area contributed by atoms with Crippen LogP contribution in [0.3, 0.4) is 0 Å². The van der Waals surface area contributed by atoms with E-state index < -0.39 is 0 Å². The van der Waals surface area contributed by atoms with Crippen molar-refractivity contribution in [3.05, 3.63) is 41.8 Å². The molecule has 1 aliphatic rings. The van der Waals surface area contributed by atoms with E-state index >= 15 is 0 Å². The zero-order chi connectivity index (χ0) is 13.2. The lowest BCUT2D eigenvalue weighted by Gasteiger charge is -2.12. The van der Waals surface area contributed by atoms with Crippen molar-refractivity contribution in [3.63, 3.8) is 0 Å². The van der Waals surface area contributed by atoms with Crippen LogP contribution in [-0.2, 0) is 6.54 Å². The van der Waals surface area contributed by atoms with Crippen LogP contribution in [0.25, 0.3) is 11.5 Å². The fraction of sp³-hybridized carbons (Fsp3) is 0.400. The van der Waals surface area contributed by atoms with Gasteiger partial charge in [0.05, 0.1) is 5.69 Å². The van der Waals surface area contributed by atoms with Crippen molar-refractivity contribution in [1.29, 1.82) is 0 Å². The minimum atomic E-state index is 0. The van der Waals surface area contributed by atoms with Crippen LogP contribution in [0, 0.1) is 6.92 Å². The second kappa shape index (κ2) is 6.39. The Morgan fingerprint density at radius 3 is 2.75 bits per heavy atom. The summed E-state index contributed by atoms with van der Waals surface area (Å²) in [5.74, 6) is 0.693. The molecular weight excluding hydrogens is 274 g/mol. The monoisotopic (exact) mass is 293 g/mol. The molecule has 2 N–H and O–H groups in total. The zero-order valence-electron chi connectivity index (χ0n) is 11.6. The summed E-state index contributed by atoms with van der Waals surface area (Å²) in [6.07, 6.45) is 2.82. The molecular formula is C15H20ClN3O. The predicted octanol–water partition coefficient (Wildman–Crippen LogP) is 2.60. The summed E-state index contributed by atoms with van der Waals surface area (Å²) >= 11 is 0. The van der Waals surface area contributed by atoms with Crippen molar-refractivity contribution in [2.75, 3.05) is 13.1 Å². The van der Waals surface area contributed by atoms with Gasteiger partial charge in [0.2, 0.25) is 5.89 Å². The number of hydrogen-bond donors (Lipinski definition) is 1. The van der Waals surface area contributed by atoms with Crippen LogP contribution in [0.1, 0.15) is 17.7 Å². The number of nitrogens with two attached hydrogens (primary N) is 1. The van der Waals surface area contributed by atoms with Crippen molar-refractivity contribution in [3.8, 4) is 11.5 Å². The van der Waals surface area contributed by atoms with E-state index in [9.17, 15) is 0 Å². The highest BCUT2D eigenvalue weighted by molar-refractivity contribution is 5.85. The molecule has 1 fully saturated rings. The Morgan fingerprint density at radius 2 is 2.10 bits per heavy atom. The van der Waals surface area contributed by atoms with E-state index in [4.69, 9.17) is 10.2 Å². The third kappa shape index (κ3) is 3.39. The molecule has 1 aromatic carbocycles. The fourth-order valence-electron chi connectivity index (χ4n) is 2.44. The van der Waals surface area contributed by atoms with Gasteiger partial charge in [0.25, 0.3) is 0 Å². The quantitative estimate of drug-likeness (QED) is 0.945. The molecule has 3 rings (SSSR count). The summed E-state index contributed by atoms with van der Waals surface area (Å²) in [6, 6.07) is 8.52. The Hall–Kier alpha value is -1.36. The Bertz CT molecular complexity index is 553. The van der Waals surface area contributed by atoms with E-state index in [1.54, 1.807) is 6.26 Å². The third-order valence-electron chi connectivity index (χ3n) is 3.54. The highest BCUT2D eigenvalue weighted by Gasteiger charge is 2.20. The van der Waals surface area contributed by atoms with Crippen LogP contribution in [0.2, 0.25) is 0 Å². The van der Waals surface area contributed by atoms with Gasteiger partial charge in [0, 0.05) is 31.2 Å². The maximum Gasteiger partial charge on any atom is 0.226 e. The van der Waals surface area contributed by atoms with Gasteiger partial charge in [-0.1, -0.05) is 17.7 Å². The summed E-state index contributed by atoms with van der Waals surface area (Å²) < 4.78 is 5.56. The van der Waals surface area contributed by atoms with Gasteiger partial charge in [-0.15, -0.1) is 12.4 Å². The van der Waals surface area contributed by atoms with Gasteiger partial charge in [-0.2, -0.15) is 0 Å². The van der Waals surface area contributed by atoms with Crippen LogP contribution in [0.15, 0.2) is 34.9 Å². The van der Waals surface area contributed by atoms with Gasteiger partial charge in [-0.25, -0.2) is 4.98 Å². The molecule has 1 aliphatic heterocycles. The van der Waals surface area contributed by atoms with Crippen molar-refractivity contribution < 1.29 is 4.42 Å². The molecule has 20 heavy (non-hydrogen) atoms. The number of rotatable bonds is 3. The molecule has 0 aliphatic carbocycles. The molecule has 0 spiro atoms. The second-order valence-electron chi connectivity index (χ2n) is 5.29.